The summed E-state index contributed by atoms with van der Waals surface area (Å²) >= 11 is 0. The van der Waals surface area contributed by atoms with Crippen LogP contribution in [0.3, 0.4) is 0 Å². The van der Waals surface area contributed by atoms with Crippen molar-refractivity contribution in [3.05, 3.63) is 35.1 Å². The Kier molecular flexibility index (Phi) is 3.95. The first-order chi connectivity index (χ1) is 8.60. The lowest BCUT2D eigenvalue weighted by molar-refractivity contribution is 0.156. The quantitative estimate of drug-likeness (QED) is 0.868. The van der Waals surface area contributed by atoms with Crippen molar-refractivity contribution in [2.45, 2.75) is 25.9 Å². The zero-order chi connectivity index (χ0) is 13.1. The number of nitriles is 1. The summed E-state index contributed by atoms with van der Waals surface area (Å²) in [5.41, 5.74) is 7.07. The molecule has 3 nitrogen and oxygen atoms in total. The van der Waals surface area contributed by atoms with Gasteiger partial charge in [-0.05, 0) is 37.1 Å². The van der Waals surface area contributed by atoms with Crippen molar-refractivity contribution in [3.8, 4) is 6.07 Å². The summed E-state index contributed by atoms with van der Waals surface area (Å²) < 4.78 is 13.7. The van der Waals surface area contributed by atoms with Crippen molar-refractivity contribution in [1.82, 2.24) is 4.90 Å². The van der Waals surface area contributed by atoms with E-state index in [1.165, 1.54) is 12.1 Å². The average molecular weight is 247 g/mol. The molecule has 0 saturated carbocycles. The molecule has 96 valence electrons. The number of likely N-dealkylation sites (tertiary alicyclic amines) is 1. The van der Waals surface area contributed by atoms with Gasteiger partial charge in [0.2, 0.25) is 0 Å². The Morgan fingerprint density at radius 2 is 2.33 bits per heavy atom. The maximum Gasteiger partial charge on any atom is 0.127 e. The molecule has 1 fully saturated rings. The van der Waals surface area contributed by atoms with E-state index < -0.39 is 0 Å². The van der Waals surface area contributed by atoms with E-state index in [2.05, 4.69) is 11.8 Å². The van der Waals surface area contributed by atoms with Crippen LogP contribution in [-0.2, 0) is 6.54 Å². The van der Waals surface area contributed by atoms with E-state index in [4.69, 9.17) is 11.0 Å². The Morgan fingerprint density at radius 3 is 3.00 bits per heavy atom. The minimum atomic E-state index is -0.239. The van der Waals surface area contributed by atoms with E-state index in [9.17, 15) is 4.39 Å². The van der Waals surface area contributed by atoms with Gasteiger partial charge < -0.3 is 5.73 Å². The summed E-state index contributed by atoms with van der Waals surface area (Å²) in [6.07, 6.45) is 0.945. The van der Waals surface area contributed by atoms with Crippen molar-refractivity contribution < 1.29 is 4.39 Å². The van der Waals surface area contributed by atoms with E-state index in [1.807, 2.05) is 6.07 Å². The minimum absolute atomic E-state index is 0.239. The molecule has 1 heterocycles. The maximum atomic E-state index is 13.7. The fraction of sp³-hybridized carbons (Fsp3) is 0.500. The van der Waals surface area contributed by atoms with Crippen LogP contribution in [0.1, 0.15) is 24.5 Å². The van der Waals surface area contributed by atoms with Crippen LogP contribution in [0.15, 0.2) is 18.2 Å². The van der Waals surface area contributed by atoms with Crippen LogP contribution in [0.25, 0.3) is 0 Å². The van der Waals surface area contributed by atoms with Crippen LogP contribution < -0.4 is 5.73 Å². The third-order valence-corrected chi connectivity index (χ3v) is 3.62. The van der Waals surface area contributed by atoms with Crippen LogP contribution in [0, 0.1) is 23.1 Å². The Morgan fingerprint density at radius 1 is 1.56 bits per heavy atom. The minimum Gasteiger partial charge on any atom is -0.327 e. The van der Waals surface area contributed by atoms with Crippen molar-refractivity contribution in [2.75, 3.05) is 13.1 Å². The topological polar surface area (TPSA) is 53.0 Å². The molecule has 4 heteroatoms. The lowest BCUT2D eigenvalue weighted by Crippen LogP contribution is -2.45. The molecular formula is C14H18FN3. The Balaban J connectivity index is 2.08. The summed E-state index contributed by atoms with van der Waals surface area (Å²) in [5, 5.41) is 8.83. The number of piperidine rings is 1. The average Bonchev–Trinajstić information content (AvgIpc) is 2.36. The molecule has 2 rings (SSSR count). The molecule has 0 bridgehead atoms. The number of benzene rings is 1. The van der Waals surface area contributed by atoms with Gasteiger partial charge in [0.05, 0.1) is 11.6 Å². The molecule has 0 radical (unpaired) electrons. The number of hydrogen-bond donors (Lipinski definition) is 1. The van der Waals surface area contributed by atoms with Gasteiger partial charge in [0.1, 0.15) is 5.82 Å². The molecule has 2 atom stereocenters. The van der Waals surface area contributed by atoms with E-state index in [0.717, 1.165) is 19.5 Å². The standard InChI is InChI=1S/C14H18FN3/c1-10-8-18(5-4-14(10)17)9-12-6-11(7-16)2-3-13(12)15/h2-3,6,10,14H,4-5,8-9,17H2,1H3. The zero-order valence-electron chi connectivity index (χ0n) is 10.6. The molecule has 0 aliphatic carbocycles. The Bertz CT molecular complexity index is 467. The monoisotopic (exact) mass is 247 g/mol. The van der Waals surface area contributed by atoms with Crippen LogP contribution >= 0.6 is 0 Å². The second kappa shape index (κ2) is 5.47. The highest BCUT2D eigenvalue weighted by Gasteiger charge is 2.23. The normalized spacial score (nSPS) is 24.8. The molecule has 2 N–H and O–H groups in total. The Hall–Kier alpha value is -1.44. The van der Waals surface area contributed by atoms with Gasteiger partial charge in [0.25, 0.3) is 0 Å². The van der Waals surface area contributed by atoms with Gasteiger partial charge in [-0.15, -0.1) is 0 Å². The predicted octanol–water partition coefficient (Wildman–Crippen LogP) is 1.87. The first kappa shape index (κ1) is 13.0. The third-order valence-electron chi connectivity index (χ3n) is 3.62. The second-order valence-electron chi connectivity index (χ2n) is 5.08. The number of nitrogens with zero attached hydrogens (tertiary/aromatic N) is 2. The van der Waals surface area contributed by atoms with Crippen molar-refractivity contribution in [2.24, 2.45) is 11.7 Å². The van der Waals surface area contributed by atoms with Crippen molar-refractivity contribution in [1.29, 1.82) is 5.26 Å². The summed E-state index contributed by atoms with van der Waals surface area (Å²) in [4.78, 5) is 2.20. The van der Waals surface area contributed by atoms with E-state index >= 15 is 0 Å². The SMILES string of the molecule is CC1CN(Cc2cc(C#N)ccc2F)CCC1N. The number of nitrogens with two attached hydrogens (primary N) is 1. The molecule has 0 aromatic heterocycles. The van der Waals surface area contributed by atoms with Crippen molar-refractivity contribution >= 4 is 0 Å². The first-order valence-electron chi connectivity index (χ1n) is 6.26. The van der Waals surface area contributed by atoms with Gasteiger partial charge in [0, 0.05) is 24.7 Å². The fourth-order valence-corrected chi connectivity index (χ4v) is 2.40. The van der Waals surface area contributed by atoms with E-state index in [1.54, 1.807) is 6.07 Å². The molecule has 1 saturated heterocycles. The molecular weight excluding hydrogens is 229 g/mol. The summed E-state index contributed by atoms with van der Waals surface area (Å²) in [6.45, 7) is 4.45. The zero-order valence-corrected chi connectivity index (χ0v) is 10.6. The number of hydrogen-bond acceptors (Lipinski definition) is 3. The van der Waals surface area contributed by atoms with Gasteiger partial charge >= 0.3 is 0 Å². The lowest BCUT2D eigenvalue weighted by Gasteiger charge is -2.35. The second-order valence-corrected chi connectivity index (χ2v) is 5.08. The highest BCUT2D eigenvalue weighted by atomic mass is 19.1. The molecule has 1 aromatic rings. The molecule has 0 spiro atoms. The smallest absolute Gasteiger partial charge is 0.127 e. The summed E-state index contributed by atoms with van der Waals surface area (Å²) in [7, 11) is 0. The van der Waals surface area contributed by atoms with Gasteiger partial charge in [0.15, 0.2) is 0 Å². The number of rotatable bonds is 2. The van der Waals surface area contributed by atoms with Crippen LogP contribution in [-0.4, -0.2) is 24.0 Å². The molecule has 1 aliphatic heterocycles. The molecule has 1 aromatic carbocycles. The van der Waals surface area contributed by atoms with E-state index in [-0.39, 0.29) is 11.9 Å². The van der Waals surface area contributed by atoms with Gasteiger partial charge in [-0.3, -0.25) is 4.90 Å². The van der Waals surface area contributed by atoms with E-state index in [0.29, 0.717) is 23.6 Å². The lowest BCUT2D eigenvalue weighted by atomic mass is 9.94. The molecule has 1 aliphatic rings. The largest absolute Gasteiger partial charge is 0.327 e. The summed E-state index contributed by atoms with van der Waals surface area (Å²) in [6, 6.07) is 6.80. The molecule has 18 heavy (non-hydrogen) atoms. The first-order valence-corrected chi connectivity index (χ1v) is 6.26. The van der Waals surface area contributed by atoms with Crippen LogP contribution in [0.4, 0.5) is 4.39 Å². The van der Waals surface area contributed by atoms with Gasteiger partial charge in [-0.1, -0.05) is 6.92 Å². The number of halogens is 1. The highest BCUT2D eigenvalue weighted by Crippen LogP contribution is 2.19. The van der Waals surface area contributed by atoms with Gasteiger partial charge in [-0.25, -0.2) is 4.39 Å². The van der Waals surface area contributed by atoms with Crippen LogP contribution in [0.5, 0.6) is 0 Å². The predicted molar refractivity (Wildman–Crippen MR) is 68.1 cm³/mol. The Labute approximate surface area is 107 Å². The van der Waals surface area contributed by atoms with Crippen LogP contribution in [0.2, 0.25) is 0 Å². The molecule has 2 unspecified atom stereocenters. The van der Waals surface area contributed by atoms with Crippen molar-refractivity contribution in [3.63, 3.8) is 0 Å². The van der Waals surface area contributed by atoms with Gasteiger partial charge in [-0.2, -0.15) is 5.26 Å². The third kappa shape index (κ3) is 2.87. The summed E-state index contributed by atoms with van der Waals surface area (Å²) in [5.74, 6) is 0.192. The highest BCUT2D eigenvalue weighted by molar-refractivity contribution is 5.33. The fourth-order valence-electron chi connectivity index (χ4n) is 2.40. The maximum absolute atomic E-state index is 13.7. The molecule has 0 amide bonds.